The Hall–Kier alpha value is -5.71. The second kappa shape index (κ2) is 14.4. The number of carbonyl (C=O) groups excluding carboxylic acids is 4. The third-order valence-corrected chi connectivity index (χ3v) is 8.16. The molecule has 1 aliphatic heterocycles. The van der Waals surface area contributed by atoms with Gasteiger partial charge in [-0.3, -0.25) is 19.4 Å². The number of ether oxygens (including phenoxy) is 4. The molecular formula is C34H38N8O8. The molecule has 2 aliphatic rings. The zero-order chi connectivity index (χ0) is 35.5. The van der Waals surface area contributed by atoms with Crippen molar-refractivity contribution in [2.45, 2.75) is 33.5 Å². The fourth-order valence-corrected chi connectivity index (χ4v) is 6.13. The van der Waals surface area contributed by atoms with Gasteiger partial charge in [0.05, 0.1) is 35.1 Å². The summed E-state index contributed by atoms with van der Waals surface area (Å²) in [7, 11) is 6.32. The van der Waals surface area contributed by atoms with Crippen LogP contribution in [0.4, 0.5) is 17.1 Å². The van der Waals surface area contributed by atoms with Gasteiger partial charge in [-0.1, -0.05) is 0 Å². The minimum absolute atomic E-state index is 0.0181. The molecule has 50 heavy (non-hydrogen) atoms. The monoisotopic (exact) mass is 686 g/mol. The van der Waals surface area contributed by atoms with Crippen LogP contribution in [0.25, 0.3) is 0 Å². The Morgan fingerprint density at radius 1 is 0.800 bits per heavy atom. The van der Waals surface area contributed by atoms with Crippen LogP contribution in [0.2, 0.25) is 0 Å². The normalized spacial score (nSPS) is 13.4. The summed E-state index contributed by atoms with van der Waals surface area (Å²) < 4.78 is 27.4. The average molecular weight is 687 g/mol. The number of aromatic nitrogens is 4. The van der Waals surface area contributed by atoms with Gasteiger partial charge in [0.2, 0.25) is 5.78 Å². The van der Waals surface area contributed by atoms with Gasteiger partial charge >= 0.3 is 5.97 Å². The highest BCUT2D eigenvalue weighted by Gasteiger charge is 2.32. The molecule has 16 nitrogen and oxygen atoms in total. The van der Waals surface area contributed by atoms with Gasteiger partial charge in [0, 0.05) is 65.3 Å². The predicted molar refractivity (Wildman–Crippen MR) is 183 cm³/mol. The molecule has 4 aromatic rings. The van der Waals surface area contributed by atoms with Crippen LogP contribution in [-0.4, -0.2) is 82.0 Å². The first kappa shape index (κ1) is 34.2. The summed E-state index contributed by atoms with van der Waals surface area (Å²) in [6.45, 7) is 2.68. The number of hydrogen-bond acceptors (Lipinski definition) is 10. The molecule has 1 aliphatic carbocycles. The summed E-state index contributed by atoms with van der Waals surface area (Å²) >= 11 is 0. The van der Waals surface area contributed by atoms with Crippen LogP contribution < -0.4 is 16.0 Å². The van der Waals surface area contributed by atoms with Crippen LogP contribution in [0.1, 0.15) is 60.0 Å². The minimum atomic E-state index is -0.557. The second-order valence-electron chi connectivity index (χ2n) is 11.7. The van der Waals surface area contributed by atoms with Gasteiger partial charge in [0.25, 0.3) is 11.8 Å². The van der Waals surface area contributed by atoms with E-state index in [9.17, 15) is 19.2 Å². The van der Waals surface area contributed by atoms with Crippen molar-refractivity contribution in [3.05, 3.63) is 88.7 Å². The van der Waals surface area contributed by atoms with E-state index >= 15 is 0 Å². The van der Waals surface area contributed by atoms with Gasteiger partial charge in [0.1, 0.15) is 43.0 Å². The van der Waals surface area contributed by atoms with E-state index in [0.717, 1.165) is 23.3 Å². The number of amides is 2. The molecule has 16 heteroatoms. The van der Waals surface area contributed by atoms with E-state index in [4.69, 9.17) is 18.9 Å². The van der Waals surface area contributed by atoms with Crippen molar-refractivity contribution >= 4 is 46.3 Å². The van der Waals surface area contributed by atoms with Gasteiger partial charge in [-0.05, 0) is 43.2 Å². The van der Waals surface area contributed by atoms with Crippen molar-refractivity contribution in [1.82, 2.24) is 18.3 Å². The maximum atomic E-state index is 13.6. The lowest BCUT2D eigenvalue weighted by Crippen LogP contribution is -2.25. The summed E-state index contributed by atoms with van der Waals surface area (Å²) in [4.78, 5) is 57.6. The van der Waals surface area contributed by atoms with Gasteiger partial charge < -0.3 is 53.2 Å². The SMILES string of the molecule is CCOC(=O)c1cc(NC(=O)c2cc(NC(=O)c3cc(NC4=CC5=NCCc6cn(C)c(c65)C4=O)cn3COC)cn2COC)cn1COC. The molecule has 6 rings (SSSR count). The first-order chi connectivity index (χ1) is 24.1. The topological polar surface area (TPSA) is 173 Å². The molecule has 0 radical (unpaired) electrons. The first-order valence-electron chi connectivity index (χ1n) is 15.8. The predicted octanol–water partition coefficient (Wildman–Crippen LogP) is 3.46. The number of hydrogen-bond donors (Lipinski definition) is 3. The van der Waals surface area contributed by atoms with E-state index in [1.54, 1.807) is 42.2 Å². The smallest absolute Gasteiger partial charge is 0.355 e. The molecule has 0 atom stereocenters. The van der Waals surface area contributed by atoms with E-state index in [1.165, 1.54) is 42.6 Å². The number of rotatable bonds is 14. The van der Waals surface area contributed by atoms with Crippen molar-refractivity contribution in [3.63, 3.8) is 0 Å². The summed E-state index contributed by atoms with van der Waals surface area (Å²) in [6.07, 6.45) is 9.32. The Morgan fingerprint density at radius 3 is 1.92 bits per heavy atom. The Kier molecular flexibility index (Phi) is 9.85. The maximum Gasteiger partial charge on any atom is 0.355 e. The molecular weight excluding hydrogens is 648 g/mol. The van der Waals surface area contributed by atoms with Crippen molar-refractivity contribution in [1.29, 1.82) is 0 Å². The molecule has 0 aromatic carbocycles. The Morgan fingerprint density at radius 2 is 1.34 bits per heavy atom. The Labute approximate surface area is 287 Å². The molecule has 0 unspecified atom stereocenters. The summed E-state index contributed by atoms with van der Waals surface area (Å²) in [5.74, 6) is -1.72. The van der Waals surface area contributed by atoms with Crippen LogP contribution in [0, 0.1) is 0 Å². The molecule has 0 bridgehead atoms. The quantitative estimate of drug-likeness (QED) is 0.168. The highest BCUT2D eigenvalue weighted by molar-refractivity contribution is 6.27. The summed E-state index contributed by atoms with van der Waals surface area (Å²) in [5.41, 5.74) is 5.46. The first-order valence-corrected chi connectivity index (χ1v) is 15.8. The molecule has 5 heterocycles. The van der Waals surface area contributed by atoms with Crippen LogP contribution in [0.5, 0.6) is 0 Å². The molecule has 0 fully saturated rings. The second-order valence-corrected chi connectivity index (χ2v) is 11.7. The highest BCUT2D eigenvalue weighted by atomic mass is 16.5. The van der Waals surface area contributed by atoms with Gasteiger partial charge in [-0.15, -0.1) is 0 Å². The number of anilines is 3. The largest absolute Gasteiger partial charge is 0.461 e. The van der Waals surface area contributed by atoms with Crippen LogP contribution in [0.15, 0.2) is 59.8 Å². The van der Waals surface area contributed by atoms with E-state index in [2.05, 4.69) is 20.9 Å². The number of aliphatic imine (C=N–C) groups is 1. The third-order valence-electron chi connectivity index (χ3n) is 8.16. The third kappa shape index (κ3) is 6.63. The molecule has 3 N–H and O–H groups in total. The van der Waals surface area contributed by atoms with Crippen molar-refractivity contribution in [2.24, 2.45) is 12.0 Å². The van der Waals surface area contributed by atoms with E-state index in [-0.39, 0.29) is 49.7 Å². The zero-order valence-electron chi connectivity index (χ0n) is 28.4. The molecule has 262 valence electrons. The zero-order valence-corrected chi connectivity index (χ0v) is 28.4. The summed E-state index contributed by atoms with van der Waals surface area (Å²) in [6, 6.07) is 4.62. The van der Waals surface area contributed by atoms with E-state index in [1.807, 2.05) is 17.8 Å². The van der Waals surface area contributed by atoms with E-state index < -0.39 is 17.8 Å². The molecule has 4 aromatic heterocycles. The van der Waals surface area contributed by atoms with E-state index in [0.29, 0.717) is 35.0 Å². The standard InChI is InChI=1S/C34H38N8O8/c1-6-50-34(46)28-11-23(16-42(28)19-49-5)38-33(45)27-10-22(15-41(27)18-48-4)37-32(44)26-9-21(14-40(26)17-47-3)36-25-12-24-29-20(7-8-35-24)13-39(2)30(29)31(25)43/h9-16,36H,6-8,17-19H2,1-5H3,(H,37,44)(H,38,45). The van der Waals surface area contributed by atoms with Crippen LogP contribution >= 0.6 is 0 Å². The highest BCUT2D eigenvalue weighted by Crippen LogP contribution is 2.30. The number of nitrogens with zero attached hydrogens (tertiary/aromatic N) is 5. The fraction of sp³-hybridized carbons (Fsp3) is 0.324. The molecule has 2 amide bonds. The molecule has 0 saturated carbocycles. The Bertz CT molecular complexity index is 2040. The van der Waals surface area contributed by atoms with Gasteiger partial charge in [0.15, 0.2) is 0 Å². The van der Waals surface area contributed by atoms with Gasteiger partial charge in [-0.2, -0.15) is 0 Å². The number of nitrogens with one attached hydrogen (secondary N) is 3. The Balaban J connectivity index is 1.21. The van der Waals surface area contributed by atoms with Gasteiger partial charge in [-0.25, -0.2) is 4.79 Å². The number of allylic oxidation sites excluding steroid dienone is 2. The van der Waals surface area contributed by atoms with Crippen molar-refractivity contribution < 1.29 is 38.1 Å². The number of carbonyl (C=O) groups is 4. The average Bonchev–Trinajstić information content (AvgIpc) is 3.85. The number of methoxy groups -OCH3 is 3. The lowest BCUT2D eigenvalue weighted by molar-refractivity contribution is 0.0494. The maximum absolute atomic E-state index is 13.6. The molecule has 0 saturated heterocycles. The van der Waals surface area contributed by atoms with Crippen LogP contribution in [-0.2, 0) is 52.6 Å². The number of aryl methyl sites for hydroxylation is 1. The number of Topliss-reactive ketones (excluding diaryl/α,β-unsaturated/α-hetero) is 1. The minimum Gasteiger partial charge on any atom is -0.461 e. The number of ketones is 1. The lowest BCUT2D eigenvalue weighted by Gasteiger charge is -2.20. The van der Waals surface area contributed by atoms with Crippen LogP contribution in [0.3, 0.4) is 0 Å². The summed E-state index contributed by atoms with van der Waals surface area (Å²) in [5, 5.41) is 8.80. The van der Waals surface area contributed by atoms with Crippen molar-refractivity contribution in [3.8, 4) is 0 Å². The molecule has 0 spiro atoms. The van der Waals surface area contributed by atoms with Crippen molar-refractivity contribution in [2.75, 3.05) is 50.4 Å². The lowest BCUT2D eigenvalue weighted by atomic mass is 9.92. The number of esters is 1. The fourth-order valence-electron chi connectivity index (χ4n) is 6.13.